The normalized spacial score (nSPS) is 12.2. The fourth-order valence-electron chi connectivity index (χ4n) is 3.34. The van der Waals surface area contributed by atoms with Gasteiger partial charge in [-0.25, -0.2) is 4.68 Å². The van der Waals surface area contributed by atoms with E-state index < -0.39 is 6.04 Å². The van der Waals surface area contributed by atoms with Crippen molar-refractivity contribution in [3.63, 3.8) is 0 Å². The lowest BCUT2D eigenvalue weighted by atomic mass is 10.2. The number of aromatic nitrogens is 4. The summed E-state index contributed by atoms with van der Waals surface area (Å²) >= 11 is 1.56. The third-order valence-electron chi connectivity index (χ3n) is 4.96. The van der Waals surface area contributed by atoms with E-state index in [1.54, 1.807) is 23.5 Å². The zero-order chi connectivity index (χ0) is 21.4. The van der Waals surface area contributed by atoms with Crippen molar-refractivity contribution in [1.82, 2.24) is 25.2 Å². The molecule has 1 unspecified atom stereocenters. The average Bonchev–Trinajstić information content (AvgIpc) is 3.51. The van der Waals surface area contributed by atoms with Crippen molar-refractivity contribution >= 4 is 27.5 Å². The largest absolute Gasteiger partial charge is 0.341 e. The van der Waals surface area contributed by atoms with Crippen molar-refractivity contribution in [2.75, 3.05) is 0 Å². The van der Waals surface area contributed by atoms with Gasteiger partial charge in [0.2, 0.25) is 11.7 Å². The molecule has 0 aliphatic rings. The van der Waals surface area contributed by atoms with Crippen molar-refractivity contribution in [1.29, 1.82) is 0 Å². The first kappa shape index (κ1) is 19.2. The van der Waals surface area contributed by atoms with Crippen molar-refractivity contribution in [3.05, 3.63) is 83.9 Å². The monoisotopic (exact) mass is 429 g/mol. The number of benzene rings is 2. The lowest BCUT2D eigenvalue weighted by molar-refractivity contribution is 0.0932. The van der Waals surface area contributed by atoms with Crippen LogP contribution in [-0.2, 0) is 0 Å². The van der Waals surface area contributed by atoms with Gasteiger partial charge in [0.05, 0.1) is 16.3 Å². The van der Waals surface area contributed by atoms with Crippen LogP contribution in [0, 0.1) is 6.92 Å². The topological polar surface area (TPSA) is 85.8 Å². The smallest absolute Gasteiger partial charge is 0.251 e. The summed E-state index contributed by atoms with van der Waals surface area (Å²) in [6, 6.07) is 20.7. The van der Waals surface area contributed by atoms with Crippen molar-refractivity contribution in [3.8, 4) is 16.4 Å². The Balaban J connectivity index is 1.41. The second-order valence-corrected chi connectivity index (χ2v) is 8.21. The van der Waals surface area contributed by atoms with E-state index in [0.29, 0.717) is 17.3 Å². The van der Waals surface area contributed by atoms with Crippen LogP contribution in [0.1, 0.15) is 34.9 Å². The van der Waals surface area contributed by atoms with Crippen LogP contribution in [0.3, 0.4) is 0 Å². The zero-order valence-electron chi connectivity index (χ0n) is 16.9. The summed E-state index contributed by atoms with van der Waals surface area (Å²) < 4.78 is 7.38. The number of rotatable bonds is 5. The van der Waals surface area contributed by atoms with Crippen LogP contribution in [0.25, 0.3) is 26.6 Å². The Bertz CT molecular complexity index is 1350. The highest BCUT2D eigenvalue weighted by Gasteiger charge is 2.21. The summed E-state index contributed by atoms with van der Waals surface area (Å²) in [5, 5.41) is 12.8. The third kappa shape index (κ3) is 3.62. The Morgan fingerprint density at radius 2 is 1.81 bits per heavy atom. The lowest BCUT2D eigenvalue weighted by Crippen LogP contribution is -2.26. The molecule has 2 aromatic carbocycles. The van der Waals surface area contributed by atoms with Crippen LogP contribution >= 0.6 is 11.3 Å². The summed E-state index contributed by atoms with van der Waals surface area (Å²) in [5.74, 6) is 0.669. The van der Waals surface area contributed by atoms with Gasteiger partial charge >= 0.3 is 0 Å². The SMILES string of the molecule is Cc1nn(-c2ccccc2)c2sc(-c3noc(C(C)NC(=O)c4ccccc4)n3)cc12. The number of amides is 1. The summed E-state index contributed by atoms with van der Waals surface area (Å²) in [6.07, 6.45) is 0. The van der Waals surface area contributed by atoms with Gasteiger partial charge in [0.15, 0.2) is 0 Å². The van der Waals surface area contributed by atoms with Crippen molar-refractivity contribution < 1.29 is 9.32 Å². The van der Waals surface area contributed by atoms with E-state index in [4.69, 9.17) is 4.52 Å². The fourth-order valence-corrected chi connectivity index (χ4v) is 4.45. The zero-order valence-corrected chi connectivity index (χ0v) is 17.8. The van der Waals surface area contributed by atoms with Crippen LogP contribution in [0.2, 0.25) is 0 Å². The maximum Gasteiger partial charge on any atom is 0.251 e. The Morgan fingerprint density at radius 3 is 2.55 bits per heavy atom. The summed E-state index contributed by atoms with van der Waals surface area (Å²) in [7, 11) is 0. The highest BCUT2D eigenvalue weighted by atomic mass is 32.1. The fraction of sp³-hybridized carbons (Fsp3) is 0.130. The number of nitrogens with zero attached hydrogens (tertiary/aromatic N) is 4. The van der Waals surface area contributed by atoms with Gasteiger partial charge in [-0.1, -0.05) is 41.6 Å². The molecule has 1 N–H and O–H groups in total. The van der Waals surface area contributed by atoms with E-state index >= 15 is 0 Å². The predicted molar refractivity (Wildman–Crippen MR) is 119 cm³/mol. The van der Waals surface area contributed by atoms with Gasteiger partial charge in [0, 0.05) is 10.9 Å². The Morgan fingerprint density at radius 1 is 1.10 bits per heavy atom. The second-order valence-electron chi connectivity index (χ2n) is 7.18. The molecule has 154 valence electrons. The number of para-hydroxylation sites is 1. The molecule has 0 spiro atoms. The van der Waals surface area contributed by atoms with Gasteiger partial charge < -0.3 is 9.84 Å². The molecule has 0 aliphatic heterocycles. The van der Waals surface area contributed by atoms with E-state index in [2.05, 4.69) is 20.6 Å². The van der Waals surface area contributed by atoms with Gasteiger partial charge in [-0.05, 0) is 44.2 Å². The number of hydrogen-bond donors (Lipinski definition) is 1. The molecule has 0 aliphatic carbocycles. The minimum absolute atomic E-state index is 0.187. The Hall–Kier alpha value is -3.78. The first-order valence-electron chi connectivity index (χ1n) is 9.84. The van der Waals surface area contributed by atoms with Gasteiger partial charge in [-0.2, -0.15) is 10.1 Å². The van der Waals surface area contributed by atoms with Gasteiger partial charge in [0.25, 0.3) is 5.91 Å². The Kier molecular flexibility index (Phi) is 4.83. The summed E-state index contributed by atoms with van der Waals surface area (Å²) in [6.45, 7) is 3.81. The molecular formula is C23H19N5O2S. The lowest BCUT2D eigenvalue weighted by Gasteiger charge is -2.09. The molecule has 0 saturated carbocycles. The molecule has 3 heterocycles. The summed E-state index contributed by atoms with van der Waals surface area (Å²) in [5.41, 5.74) is 2.52. The molecule has 5 rings (SSSR count). The number of carbonyl (C=O) groups is 1. The van der Waals surface area contributed by atoms with Crippen LogP contribution in [0.4, 0.5) is 0 Å². The highest BCUT2D eigenvalue weighted by Crippen LogP contribution is 2.35. The van der Waals surface area contributed by atoms with Crippen LogP contribution in [0.15, 0.2) is 71.3 Å². The molecule has 0 fully saturated rings. The van der Waals surface area contributed by atoms with Crippen LogP contribution < -0.4 is 5.32 Å². The maximum absolute atomic E-state index is 12.4. The van der Waals surface area contributed by atoms with E-state index in [1.807, 2.05) is 73.1 Å². The molecule has 0 saturated heterocycles. The minimum atomic E-state index is -0.412. The summed E-state index contributed by atoms with van der Waals surface area (Å²) in [4.78, 5) is 18.8. The van der Waals surface area contributed by atoms with Gasteiger partial charge in [-0.3, -0.25) is 4.79 Å². The quantitative estimate of drug-likeness (QED) is 0.428. The molecular weight excluding hydrogens is 410 g/mol. The molecule has 7 nitrogen and oxygen atoms in total. The molecule has 5 aromatic rings. The Labute approximate surface area is 182 Å². The molecule has 8 heteroatoms. The molecule has 31 heavy (non-hydrogen) atoms. The number of carbonyl (C=O) groups excluding carboxylic acids is 1. The van der Waals surface area contributed by atoms with E-state index in [0.717, 1.165) is 26.5 Å². The van der Waals surface area contributed by atoms with Crippen molar-refractivity contribution in [2.45, 2.75) is 19.9 Å². The predicted octanol–water partition coefficient (Wildman–Crippen LogP) is 4.94. The number of hydrogen-bond acceptors (Lipinski definition) is 6. The average molecular weight is 430 g/mol. The number of aryl methyl sites for hydroxylation is 1. The number of fused-ring (bicyclic) bond motifs is 1. The number of nitrogens with one attached hydrogen (secondary N) is 1. The molecule has 1 amide bonds. The number of thiophene rings is 1. The van der Waals surface area contributed by atoms with Gasteiger partial charge in [0.1, 0.15) is 10.9 Å². The van der Waals surface area contributed by atoms with Crippen molar-refractivity contribution in [2.24, 2.45) is 0 Å². The molecule has 0 radical (unpaired) electrons. The standard InChI is InChI=1S/C23H19N5O2S/c1-14-18-13-19(31-23(18)28(26-14)17-11-7-4-8-12-17)20-25-22(30-27-20)15(2)24-21(29)16-9-5-3-6-10-16/h3-13,15H,1-2H3,(H,24,29). The van der Waals surface area contributed by atoms with Gasteiger partial charge in [-0.15, -0.1) is 11.3 Å². The first-order chi connectivity index (χ1) is 15.1. The first-order valence-corrected chi connectivity index (χ1v) is 10.7. The van der Waals surface area contributed by atoms with Crippen LogP contribution in [0.5, 0.6) is 0 Å². The highest BCUT2D eigenvalue weighted by molar-refractivity contribution is 7.21. The molecule has 3 aromatic heterocycles. The molecule has 0 bridgehead atoms. The van der Waals surface area contributed by atoms with E-state index in [1.165, 1.54) is 0 Å². The van der Waals surface area contributed by atoms with Crippen LogP contribution in [-0.4, -0.2) is 25.8 Å². The third-order valence-corrected chi connectivity index (χ3v) is 6.07. The maximum atomic E-state index is 12.4. The minimum Gasteiger partial charge on any atom is -0.341 e. The van der Waals surface area contributed by atoms with E-state index in [9.17, 15) is 4.79 Å². The second kappa shape index (κ2) is 7.81. The van der Waals surface area contributed by atoms with E-state index in [-0.39, 0.29) is 5.91 Å². The molecule has 1 atom stereocenters.